The fourth-order valence-corrected chi connectivity index (χ4v) is 1.18. The summed E-state index contributed by atoms with van der Waals surface area (Å²) in [6, 6.07) is 3.82. The highest BCUT2D eigenvalue weighted by Gasteiger charge is 2.00. The maximum atomic E-state index is 5.70. The second-order valence-corrected chi connectivity index (χ2v) is 2.61. The molecule has 0 fully saturated rings. The highest BCUT2D eigenvalue weighted by molar-refractivity contribution is 5.85. The van der Waals surface area contributed by atoms with Crippen molar-refractivity contribution in [3.8, 4) is 0 Å². The first-order valence-electron chi connectivity index (χ1n) is 3.47. The van der Waals surface area contributed by atoms with Gasteiger partial charge in [0.2, 0.25) is 0 Å². The Morgan fingerprint density at radius 3 is 3.09 bits per heavy atom. The van der Waals surface area contributed by atoms with Crippen molar-refractivity contribution in [3.63, 3.8) is 0 Å². The second kappa shape index (κ2) is 1.99. The highest BCUT2D eigenvalue weighted by Crippen LogP contribution is 2.20. The zero-order chi connectivity index (χ0) is 7.84. The third-order valence-electron chi connectivity index (χ3n) is 1.94. The van der Waals surface area contributed by atoms with Gasteiger partial charge >= 0.3 is 0 Å². The van der Waals surface area contributed by atoms with Gasteiger partial charge in [0.25, 0.3) is 0 Å². The molecule has 0 saturated carbocycles. The first-order chi connectivity index (χ1) is 5.29. The lowest BCUT2D eigenvalue weighted by molar-refractivity contribution is 1.12. The van der Waals surface area contributed by atoms with Gasteiger partial charge in [0.15, 0.2) is 0 Å². The van der Waals surface area contributed by atoms with Crippen LogP contribution in [0.2, 0.25) is 0 Å². The zero-order valence-electron chi connectivity index (χ0n) is 6.26. The molecule has 2 rings (SSSR count). The Kier molecular flexibility index (Phi) is 1.12. The molecule has 56 valence electrons. The number of nitrogens with zero attached hydrogens (tertiary/aromatic N) is 1. The monoisotopic (exact) mass is 147 g/mol. The van der Waals surface area contributed by atoms with E-state index in [1.807, 2.05) is 19.1 Å². The van der Waals surface area contributed by atoms with Crippen LogP contribution >= 0.6 is 0 Å². The van der Waals surface area contributed by atoms with Crippen LogP contribution < -0.4 is 5.73 Å². The number of rotatable bonds is 0. The number of fused-ring (bicyclic) bond motifs is 1. The number of hydrogen-bond acceptors (Lipinski definition) is 2. The quantitative estimate of drug-likeness (QED) is 0.554. The largest absolute Gasteiger partial charge is 0.398 e. The SMILES string of the molecule is Cc1c(N)ccc2[nH]ncc12. The molecule has 3 nitrogen and oxygen atoms in total. The topological polar surface area (TPSA) is 54.7 Å². The molecule has 0 aliphatic heterocycles. The lowest BCUT2D eigenvalue weighted by atomic mass is 10.1. The normalized spacial score (nSPS) is 10.6. The van der Waals surface area contributed by atoms with Gasteiger partial charge in [0, 0.05) is 11.1 Å². The number of nitrogens with one attached hydrogen (secondary N) is 1. The molecule has 0 atom stereocenters. The summed E-state index contributed by atoms with van der Waals surface area (Å²) in [6.07, 6.45) is 1.79. The highest BCUT2D eigenvalue weighted by atomic mass is 15.1. The van der Waals surface area contributed by atoms with Crippen molar-refractivity contribution in [2.45, 2.75) is 6.92 Å². The minimum atomic E-state index is 0.818. The number of benzene rings is 1. The molecule has 3 heteroatoms. The molecule has 0 bridgehead atoms. The molecular formula is C8H9N3. The molecule has 11 heavy (non-hydrogen) atoms. The molecule has 0 unspecified atom stereocenters. The van der Waals surface area contributed by atoms with E-state index < -0.39 is 0 Å². The van der Waals surface area contributed by atoms with Crippen molar-refractivity contribution >= 4 is 16.6 Å². The van der Waals surface area contributed by atoms with Gasteiger partial charge in [-0.15, -0.1) is 0 Å². The van der Waals surface area contributed by atoms with E-state index in [-0.39, 0.29) is 0 Å². The standard InChI is InChI=1S/C8H9N3/c1-5-6-4-10-11-8(6)3-2-7(5)9/h2-4H,9H2,1H3,(H,10,11). The third kappa shape index (κ3) is 0.774. The van der Waals surface area contributed by atoms with Crippen LogP contribution in [-0.4, -0.2) is 10.2 Å². The maximum Gasteiger partial charge on any atom is 0.0654 e. The average molecular weight is 147 g/mol. The van der Waals surface area contributed by atoms with Crippen LogP contribution in [0.15, 0.2) is 18.3 Å². The van der Waals surface area contributed by atoms with Gasteiger partial charge in [-0.2, -0.15) is 5.10 Å². The van der Waals surface area contributed by atoms with Crippen LogP contribution in [0.1, 0.15) is 5.56 Å². The number of H-pyrrole nitrogens is 1. The van der Waals surface area contributed by atoms with Crippen LogP contribution in [0.5, 0.6) is 0 Å². The number of aromatic amines is 1. The van der Waals surface area contributed by atoms with Crippen molar-refractivity contribution in [2.75, 3.05) is 5.73 Å². The summed E-state index contributed by atoms with van der Waals surface area (Å²) in [4.78, 5) is 0. The number of nitrogens with two attached hydrogens (primary N) is 1. The minimum absolute atomic E-state index is 0.818. The first kappa shape index (κ1) is 6.22. The molecule has 0 aliphatic carbocycles. The fourth-order valence-electron chi connectivity index (χ4n) is 1.18. The summed E-state index contributed by atoms with van der Waals surface area (Å²) in [6.45, 7) is 1.99. The van der Waals surface area contributed by atoms with Crippen molar-refractivity contribution in [2.24, 2.45) is 0 Å². The third-order valence-corrected chi connectivity index (χ3v) is 1.94. The molecule has 0 saturated heterocycles. The van der Waals surface area contributed by atoms with Crippen LogP contribution in [0, 0.1) is 6.92 Å². The molecule has 2 aromatic rings. The Morgan fingerprint density at radius 1 is 1.45 bits per heavy atom. The number of aryl methyl sites for hydroxylation is 1. The van der Waals surface area contributed by atoms with Gasteiger partial charge in [-0.05, 0) is 24.6 Å². The van der Waals surface area contributed by atoms with Gasteiger partial charge in [-0.1, -0.05) is 0 Å². The predicted molar refractivity (Wildman–Crippen MR) is 45.2 cm³/mol. The minimum Gasteiger partial charge on any atom is -0.398 e. The maximum absolute atomic E-state index is 5.70. The Labute approximate surface area is 64.2 Å². The first-order valence-corrected chi connectivity index (χ1v) is 3.47. The molecule has 0 spiro atoms. The summed E-state index contributed by atoms with van der Waals surface area (Å²) in [5.41, 5.74) is 8.65. The van der Waals surface area contributed by atoms with E-state index in [2.05, 4.69) is 10.2 Å². The van der Waals surface area contributed by atoms with Gasteiger partial charge in [0.05, 0.1) is 11.7 Å². The van der Waals surface area contributed by atoms with Gasteiger partial charge in [-0.25, -0.2) is 0 Å². The van der Waals surface area contributed by atoms with Gasteiger partial charge in [0.1, 0.15) is 0 Å². The smallest absolute Gasteiger partial charge is 0.0654 e. The fraction of sp³-hybridized carbons (Fsp3) is 0.125. The second-order valence-electron chi connectivity index (χ2n) is 2.61. The van der Waals surface area contributed by atoms with Crippen molar-refractivity contribution in [1.29, 1.82) is 0 Å². The van der Waals surface area contributed by atoms with Crippen LogP contribution in [-0.2, 0) is 0 Å². The van der Waals surface area contributed by atoms with E-state index in [0.717, 1.165) is 22.2 Å². The van der Waals surface area contributed by atoms with E-state index in [0.29, 0.717) is 0 Å². The molecule has 3 N–H and O–H groups in total. The molecule has 0 radical (unpaired) electrons. The van der Waals surface area contributed by atoms with E-state index >= 15 is 0 Å². The summed E-state index contributed by atoms with van der Waals surface area (Å²) >= 11 is 0. The van der Waals surface area contributed by atoms with Crippen LogP contribution in [0.25, 0.3) is 10.9 Å². The Morgan fingerprint density at radius 2 is 2.27 bits per heavy atom. The lowest BCUT2D eigenvalue weighted by Gasteiger charge is -1.98. The van der Waals surface area contributed by atoms with E-state index in [9.17, 15) is 0 Å². The summed E-state index contributed by atoms with van der Waals surface area (Å²) in [5.74, 6) is 0. The lowest BCUT2D eigenvalue weighted by Crippen LogP contribution is -1.88. The Hall–Kier alpha value is -1.51. The van der Waals surface area contributed by atoms with E-state index in [1.165, 1.54) is 0 Å². The predicted octanol–water partition coefficient (Wildman–Crippen LogP) is 1.45. The van der Waals surface area contributed by atoms with Crippen LogP contribution in [0.4, 0.5) is 5.69 Å². The zero-order valence-corrected chi connectivity index (χ0v) is 6.26. The Bertz CT molecular complexity index is 389. The summed E-state index contributed by atoms with van der Waals surface area (Å²) < 4.78 is 0. The number of nitrogen functional groups attached to an aromatic ring is 1. The molecule has 1 aromatic carbocycles. The average Bonchev–Trinajstić information content (AvgIpc) is 2.45. The summed E-state index contributed by atoms with van der Waals surface area (Å²) in [7, 11) is 0. The molecule has 0 amide bonds. The number of hydrogen-bond donors (Lipinski definition) is 2. The number of aromatic nitrogens is 2. The van der Waals surface area contributed by atoms with E-state index in [4.69, 9.17) is 5.73 Å². The van der Waals surface area contributed by atoms with Gasteiger partial charge in [-0.3, -0.25) is 5.10 Å². The molecule has 1 aromatic heterocycles. The van der Waals surface area contributed by atoms with Crippen LogP contribution in [0.3, 0.4) is 0 Å². The molecular weight excluding hydrogens is 138 g/mol. The van der Waals surface area contributed by atoms with Crippen molar-refractivity contribution < 1.29 is 0 Å². The number of anilines is 1. The molecule has 1 heterocycles. The van der Waals surface area contributed by atoms with Crippen molar-refractivity contribution in [3.05, 3.63) is 23.9 Å². The summed E-state index contributed by atoms with van der Waals surface area (Å²) in [5, 5.41) is 7.91. The Balaban J connectivity index is 2.93. The van der Waals surface area contributed by atoms with Crippen molar-refractivity contribution in [1.82, 2.24) is 10.2 Å². The van der Waals surface area contributed by atoms with Gasteiger partial charge < -0.3 is 5.73 Å². The molecule has 0 aliphatic rings. The van der Waals surface area contributed by atoms with E-state index in [1.54, 1.807) is 6.20 Å².